The molecular weight excluding hydrogens is 916 g/mol. The summed E-state index contributed by atoms with van der Waals surface area (Å²) in [6, 6.07) is 35.1. The standard InChI is InChI=1S/C48H57N6O12PS/c1-33(2)54(34(3)4)67(63-31-13-27-49)66-43-41(32-62-48(35-14-9-7-10-15-35,36-18-22-38(60-5)23-19-36)37-20-24-39(61-6)25-21-37)64-45(53-30-26-42(55)52-46(53)56)44(43)65-47(57)50-28-29-51-68(58,59)40-16-11-8-12-17-40/h7-12,14-26,30,33-34,41,43-45,51H,13,28-29,31-32H2,1-6H3,(H,50,57)(H,52,55,56)/t41-,43-,44-,45-,67?/m1/s1. The lowest BCUT2D eigenvalue weighted by atomic mass is 9.80. The van der Waals surface area contributed by atoms with Gasteiger partial charge in [0.1, 0.15) is 29.3 Å². The van der Waals surface area contributed by atoms with Crippen LogP contribution >= 0.6 is 8.53 Å². The number of alkyl carbamates (subject to hydrolysis) is 1. The molecule has 68 heavy (non-hydrogen) atoms. The Morgan fingerprint density at radius 1 is 0.838 bits per heavy atom. The molecule has 0 aliphatic carbocycles. The van der Waals surface area contributed by atoms with Gasteiger partial charge in [0.15, 0.2) is 12.3 Å². The van der Waals surface area contributed by atoms with E-state index in [0.29, 0.717) is 22.6 Å². The Labute approximate surface area is 397 Å². The molecule has 0 bridgehead atoms. The van der Waals surface area contributed by atoms with Crippen molar-refractivity contribution >= 4 is 24.6 Å². The van der Waals surface area contributed by atoms with Gasteiger partial charge in [0.25, 0.3) is 14.1 Å². The van der Waals surface area contributed by atoms with Crippen LogP contribution in [0, 0.1) is 11.3 Å². The highest BCUT2D eigenvalue weighted by molar-refractivity contribution is 7.89. The number of nitrogens with zero attached hydrogens (tertiary/aromatic N) is 3. The van der Waals surface area contributed by atoms with Gasteiger partial charge in [0.05, 0.1) is 44.8 Å². The largest absolute Gasteiger partial charge is 0.497 e. The van der Waals surface area contributed by atoms with E-state index in [-0.39, 0.29) is 49.7 Å². The topological polar surface area (TPSA) is 222 Å². The summed E-state index contributed by atoms with van der Waals surface area (Å²) >= 11 is 0. The summed E-state index contributed by atoms with van der Waals surface area (Å²) in [7, 11) is -2.79. The first-order valence-corrected chi connectivity index (χ1v) is 24.5. The van der Waals surface area contributed by atoms with Gasteiger partial charge in [-0.2, -0.15) is 5.26 Å². The van der Waals surface area contributed by atoms with Crippen molar-refractivity contribution in [3.8, 4) is 17.6 Å². The van der Waals surface area contributed by atoms with Gasteiger partial charge >= 0.3 is 11.8 Å². The molecule has 5 aromatic rings. The van der Waals surface area contributed by atoms with E-state index in [2.05, 4.69) is 21.1 Å². The van der Waals surface area contributed by atoms with Crippen LogP contribution in [0.3, 0.4) is 0 Å². The van der Waals surface area contributed by atoms with Crippen LogP contribution in [-0.2, 0) is 38.9 Å². The fraction of sp³-hybridized carbons (Fsp3) is 0.375. The minimum absolute atomic E-state index is 0.00660. The van der Waals surface area contributed by atoms with Crippen LogP contribution in [-0.4, -0.2) is 99.7 Å². The number of H-pyrrole nitrogens is 1. The third kappa shape index (κ3) is 12.4. The normalized spacial score (nSPS) is 17.8. The molecule has 20 heteroatoms. The maximum absolute atomic E-state index is 13.9. The van der Waals surface area contributed by atoms with Gasteiger partial charge in [-0.25, -0.2) is 27.4 Å². The van der Waals surface area contributed by atoms with Crippen LogP contribution in [0.1, 0.15) is 57.0 Å². The Balaban J connectivity index is 1.44. The van der Waals surface area contributed by atoms with Gasteiger partial charge < -0.3 is 38.0 Å². The minimum atomic E-state index is -3.89. The number of benzene rings is 4. The lowest BCUT2D eigenvalue weighted by molar-refractivity contribution is -0.0948. The predicted octanol–water partition coefficient (Wildman–Crippen LogP) is 6.19. The summed E-state index contributed by atoms with van der Waals surface area (Å²) in [6.45, 7) is 7.21. The van der Waals surface area contributed by atoms with Crippen molar-refractivity contribution in [1.29, 1.82) is 5.26 Å². The van der Waals surface area contributed by atoms with Gasteiger partial charge in [0.2, 0.25) is 10.0 Å². The molecule has 0 saturated carbocycles. The molecule has 5 atom stereocenters. The second kappa shape index (κ2) is 23.9. The summed E-state index contributed by atoms with van der Waals surface area (Å²) in [5.74, 6) is 1.23. The average Bonchev–Trinajstić information content (AvgIpc) is 3.66. The predicted molar refractivity (Wildman–Crippen MR) is 253 cm³/mol. The molecule has 362 valence electrons. The van der Waals surface area contributed by atoms with Crippen molar-refractivity contribution in [2.45, 2.75) is 81.2 Å². The molecular formula is C48H57N6O12PS. The maximum atomic E-state index is 13.9. The third-order valence-electron chi connectivity index (χ3n) is 10.9. The fourth-order valence-electron chi connectivity index (χ4n) is 7.82. The number of hydrogen-bond donors (Lipinski definition) is 3. The summed E-state index contributed by atoms with van der Waals surface area (Å²) in [5.41, 5.74) is -0.723. The van der Waals surface area contributed by atoms with Crippen LogP contribution in [0.15, 0.2) is 136 Å². The van der Waals surface area contributed by atoms with E-state index in [1.807, 2.05) is 111 Å². The first-order chi connectivity index (χ1) is 32.7. The van der Waals surface area contributed by atoms with E-state index < -0.39 is 66.0 Å². The zero-order valence-corrected chi connectivity index (χ0v) is 40.4. The van der Waals surface area contributed by atoms with Gasteiger partial charge in [-0.15, -0.1) is 0 Å². The van der Waals surface area contributed by atoms with Crippen molar-refractivity contribution in [3.05, 3.63) is 159 Å². The fourth-order valence-corrected chi connectivity index (χ4v) is 10.6. The number of ether oxygens (including phenoxy) is 5. The number of aromatic nitrogens is 2. The number of nitriles is 1. The molecule has 0 spiro atoms. The quantitative estimate of drug-likeness (QED) is 0.0377. The number of carbonyl (C=O) groups is 1. The van der Waals surface area contributed by atoms with E-state index >= 15 is 0 Å². The van der Waals surface area contributed by atoms with Crippen molar-refractivity contribution in [2.24, 2.45) is 0 Å². The third-order valence-corrected chi connectivity index (χ3v) is 14.5. The Hall–Kier alpha value is -5.94. The molecule has 1 fully saturated rings. The zero-order chi connectivity index (χ0) is 48.8. The number of methoxy groups -OCH3 is 2. The molecule has 0 radical (unpaired) electrons. The summed E-state index contributed by atoms with van der Waals surface area (Å²) in [5, 5.41) is 12.1. The second-order valence-electron chi connectivity index (χ2n) is 16.0. The smallest absolute Gasteiger partial charge is 0.407 e. The van der Waals surface area contributed by atoms with Crippen LogP contribution in [0.4, 0.5) is 4.79 Å². The average molecular weight is 973 g/mol. The molecule has 1 unspecified atom stereocenters. The maximum Gasteiger partial charge on any atom is 0.407 e. The molecule has 3 N–H and O–H groups in total. The lowest BCUT2D eigenvalue weighted by Crippen LogP contribution is -2.45. The van der Waals surface area contributed by atoms with Gasteiger partial charge in [-0.1, -0.05) is 72.8 Å². The van der Waals surface area contributed by atoms with E-state index in [0.717, 1.165) is 16.2 Å². The van der Waals surface area contributed by atoms with E-state index in [9.17, 15) is 28.1 Å². The van der Waals surface area contributed by atoms with Crippen molar-refractivity contribution in [3.63, 3.8) is 0 Å². The first kappa shape index (κ1) is 51.5. The molecule has 1 saturated heterocycles. The molecule has 4 aromatic carbocycles. The second-order valence-corrected chi connectivity index (χ2v) is 19.2. The Bertz CT molecular complexity index is 2610. The van der Waals surface area contributed by atoms with Crippen LogP contribution in [0.25, 0.3) is 0 Å². The molecule has 1 aliphatic rings. The number of hydrogen-bond acceptors (Lipinski definition) is 14. The Morgan fingerprint density at radius 2 is 1.41 bits per heavy atom. The zero-order valence-electron chi connectivity index (χ0n) is 38.6. The van der Waals surface area contributed by atoms with Crippen molar-refractivity contribution < 1.29 is 45.9 Å². The molecule has 18 nitrogen and oxygen atoms in total. The van der Waals surface area contributed by atoms with E-state index in [4.69, 9.17) is 32.7 Å². The van der Waals surface area contributed by atoms with Crippen LogP contribution in [0.5, 0.6) is 11.5 Å². The highest BCUT2D eigenvalue weighted by Crippen LogP contribution is 2.51. The van der Waals surface area contributed by atoms with Crippen molar-refractivity contribution in [2.75, 3.05) is 40.5 Å². The number of carbonyl (C=O) groups excluding carboxylic acids is 1. The van der Waals surface area contributed by atoms with E-state index in [1.165, 1.54) is 18.3 Å². The monoisotopic (exact) mass is 972 g/mol. The number of rotatable bonds is 23. The van der Waals surface area contributed by atoms with Crippen molar-refractivity contribution in [1.82, 2.24) is 24.3 Å². The number of aromatic amines is 1. The van der Waals surface area contributed by atoms with E-state index in [1.54, 1.807) is 32.4 Å². The summed E-state index contributed by atoms with van der Waals surface area (Å²) in [6.07, 6.45) is -4.97. The lowest BCUT2D eigenvalue weighted by Gasteiger charge is -2.39. The van der Waals surface area contributed by atoms with Gasteiger partial charge in [-0.3, -0.25) is 14.3 Å². The van der Waals surface area contributed by atoms with Crippen LogP contribution < -0.4 is 30.8 Å². The summed E-state index contributed by atoms with van der Waals surface area (Å²) < 4.78 is 75.9. The Morgan fingerprint density at radius 3 is 1.96 bits per heavy atom. The molecule has 2 heterocycles. The highest BCUT2D eigenvalue weighted by atomic mass is 32.2. The molecule has 1 amide bonds. The molecule has 6 rings (SSSR count). The number of amides is 1. The van der Waals surface area contributed by atoms with Gasteiger partial charge in [-0.05, 0) is 80.8 Å². The highest BCUT2D eigenvalue weighted by Gasteiger charge is 2.53. The summed E-state index contributed by atoms with van der Waals surface area (Å²) in [4.78, 5) is 42.2. The first-order valence-electron chi connectivity index (χ1n) is 21.9. The minimum Gasteiger partial charge on any atom is -0.497 e. The number of sulfonamides is 1. The molecule has 1 aliphatic heterocycles. The van der Waals surface area contributed by atoms with Crippen LogP contribution in [0.2, 0.25) is 0 Å². The SMILES string of the molecule is COc1ccc(C(OC[C@H]2O[C@@H](n3ccc(=O)[nH]c3=O)[C@H](OC(=O)NCCNS(=O)(=O)c3ccccc3)[C@@H]2OP(OCCC#N)N(C(C)C)C(C)C)(c2ccccc2)c2ccc(OC)cc2)cc1. The Kier molecular flexibility index (Phi) is 18.1. The number of nitrogens with one attached hydrogen (secondary N) is 3. The molecule has 1 aromatic heterocycles. The van der Waals surface area contributed by atoms with Gasteiger partial charge in [0, 0.05) is 37.4 Å².